The molecule has 2 unspecified atom stereocenters. The van der Waals surface area contributed by atoms with E-state index in [2.05, 4.69) is 10.6 Å². The van der Waals surface area contributed by atoms with Gasteiger partial charge in [-0.1, -0.05) is 0 Å². The van der Waals surface area contributed by atoms with Gasteiger partial charge in [0.15, 0.2) is 0 Å². The van der Waals surface area contributed by atoms with Crippen molar-refractivity contribution in [2.75, 3.05) is 25.6 Å². The molecule has 1 saturated carbocycles. The molecule has 5 nitrogen and oxygen atoms in total. The molecule has 1 heterocycles. The van der Waals surface area contributed by atoms with Crippen molar-refractivity contribution in [2.24, 2.45) is 5.92 Å². The quantitative estimate of drug-likeness (QED) is 0.838. The van der Waals surface area contributed by atoms with Crippen LogP contribution in [0.5, 0.6) is 5.75 Å². The van der Waals surface area contributed by atoms with Crippen LogP contribution in [-0.4, -0.2) is 38.3 Å². The van der Waals surface area contributed by atoms with E-state index in [4.69, 9.17) is 9.47 Å². The van der Waals surface area contributed by atoms with Crippen molar-refractivity contribution in [3.05, 3.63) is 24.3 Å². The maximum absolute atomic E-state index is 12.0. The molecule has 2 aliphatic rings. The monoisotopic (exact) mass is 290 g/mol. The van der Waals surface area contributed by atoms with Crippen LogP contribution in [0.25, 0.3) is 0 Å². The minimum absolute atomic E-state index is 0.0263. The van der Waals surface area contributed by atoms with Crippen molar-refractivity contribution in [2.45, 2.75) is 31.4 Å². The Bertz CT molecular complexity index is 485. The lowest BCUT2D eigenvalue weighted by Gasteiger charge is -2.19. The third-order valence-electron chi connectivity index (χ3n) is 4.12. The molecular weight excluding hydrogens is 268 g/mol. The number of amides is 1. The molecule has 5 heteroatoms. The first-order valence-electron chi connectivity index (χ1n) is 7.55. The van der Waals surface area contributed by atoms with Gasteiger partial charge < -0.3 is 20.1 Å². The number of hydrogen-bond donors (Lipinski definition) is 2. The van der Waals surface area contributed by atoms with Gasteiger partial charge in [-0.15, -0.1) is 0 Å². The number of nitrogens with one attached hydrogen (secondary N) is 2. The van der Waals surface area contributed by atoms with Gasteiger partial charge in [0.05, 0.1) is 19.8 Å². The van der Waals surface area contributed by atoms with E-state index in [0.29, 0.717) is 24.6 Å². The average Bonchev–Trinajstić information content (AvgIpc) is 3.24. The van der Waals surface area contributed by atoms with Gasteiger partial charge >= 0.3 is 0 Å². The van der Waals surface area contributed by atoms with E-state index in [1.807, 2.05) is 24.3 Å². The Kier molecular flexibility index (Phi) is 4.41. The van der Waals surface area contributed by atoms with Crippen molar-refractivity contribution in [1.29, 1.82) is 0 Å². The lowest BCUT2D eigenvalue weighted by atomic mass is 10.1. The smallest absolute Gasteiger partial charge is 0.238 e. The molecule has 114 valence electrons. The molecule has 2 atom stereocenters. The van der Waals surface area contributed by atoms with Gasteiger partial charge in [-0.05, 0) is 49.4 Å². The van der Waals surface area contributed by atoms with E-state index < -0.39 is 0 Å². The van der Waals surface area contributed by atoms with Gasteiger partial charge in [0.2, 0.25) is 5.91 Å². The van der Waals surface area contributed by atoms with E-state index in [-0.39, 0.29) is 5.91 Å². The van der Waals surface area contributed by atoms with E-state index in [1.54, 1.807) is 7.11 Å². The molecule has 1 aliphatic carbocycles. The van der Waals surface area contributed by atoms with Crippen LogP contribution in [-0.2, 0) is 9.53 Å². The fraction of sp³-hybridized carbons (Fsp3) is 0.562. The van der Waals surface area contributed by atoms with Gasteiger partial charge in [-0.3, -0.25) is 4.79 Å². The number of methoxy groups -OCH3 is 1. The Hall–Kier alpha value is -1.59. The van der Waals surface area contributed by atoms with E-state index in [0.717, 1.165) is 24.5 Å². The molecule has 1 saturated heterocycles. The van der Waals surface area contributed by atoms with Gasteiger partial charge in [-0.25, -0.2) is 0 Å². The molecule has 1 amide bonds. The van der Waals surface area contributed by atoms with E-state index in [1.165, 1.54) is 12.8 Å². The Morgan fingerprint density at radius 1 is 1.29 bits per heavy atom. The molecule has 0 bridgehead atoms. The maximum atomic E-state index is 12.0. The van der Waals surface area contributed by atoms with Gasteiger partial charge in [0, 0.05) is 18.3 Å². The Morgan fingerprint density at radius 2 is 2.05 bits per heavy atom. The molecule has 0 radical (unpaired) electrons. The number of carbonyl (C=O) groups excluding carboxylic acids is 1. The highest BCUT2D eigenvalue weighted by atomic mass is 16.5. The van der Waals surface area contributed by atoms with Crippen molar-refractivity contribution >= 4 is 11.6 Å². The number of carbonyl (C=O) groups is 1. The summed E-state index contributed by atoms with van der Waals surface area (Å²) in [6.45, 7) is 1.13. The fourth-order valence-electron chi connectivity index (χ4n) is 2.82. The van der Waals surface area contributed by atoms with Crippen LogP contribution in [0, 0.1) is 5.92 Å². The van der Waals surface area contributed by atoms with E-state index >= 15 is 0 Å². The molecule has 1 aromatic carbocycles. The standard InChI is InChI=1S/C16H22N2O3/c1-20-13-6-4-12(5-7-13)18-15(19)10-17-14-8-9-21-16(14)11-2-3-11/h4-7,11,14,16-17H,2-3,8-10H2,1H3,(H,18,19). The summed E-state index contributed by atoms with van der Waals surface area (Å²) in [7, 11) is 1.62. The predicted octanol–water partition coefficient (Wildman–Crippen LogP) is 1.79. The summed E-state index contributed by atoms with van der Waals surface area (Å²) in [5.74, 6) is 1.46. The first-order chi connectivity index (χ1) is 10.3. The molecule has 2 N–H and O–H groups in total. The van der Waals surface area contributed by atoms with Crippen molar-refractivity contribution in [1.82, 2.24) is 5.32 Å². The summed E-state index contributed by atoms with van der Waals surface area (Å²) in [5, 5.41) is 6.21. The van der Waals surface area contributed by atoms with Crippen molar-refractivity contribution in [3.8, 4) is 5.75 Å². The number of ether oxygens (including phenoxy) is 2. The molecule has 0 spiro atoms. The Morgan fingerprint density at radius 3 is 2.71 bits per heavy atom. The number of benzene rings is 1. The van der Waals surface area contributed by atoms with Gasteiger partial charge in [0.1, 0.15) is 5.75 Å². The summed E-state index contributed by atoms with van der Waals surface area (Å²) in [5.41, 5.74) is 0.781. The summed E-state index contributed by atoms with van der Waals surface area (Å²) >= 11 is 0. The molecule has 3 rings (SSSR count). The number of hydrogen-bond acceptors (Lipinski definition) is 4. The van der Waals surface area contributed by atoms with Crippen LogP contribution in [0.2, 0.25) is 0 Å². The van der Waals surface area contributed by atoms with Crippen LogP contribution in [0.4, 0.5) is 5.69 Å². The molecule has 0 aromatic heterocycles. The van der Waals surface area contributed by atoms with Crippen LogP contribution in [0.15, 0.2) is 24.3 Å². The predicted molar refractivity (Wildman–Crippen MR) is 80.5 cm³/mol. The molecular formula is C16H22N2O3. The third kappa shape index (κ3) is 3.74. The third-order valence-corrected chi connectivity index (χ3v) is 4.12. The van der Waals surface area contributed by atoms with Gasteiger partial charge in [-0.2, -0.15) is 0 Å². The Balaban J connectivity index is 1.45. The maximum Gasteiger partial charge on any atom is 0.238 e. The van der Waals surface area contributed by atoms with E-state index in [9.17, 15) is 4.79 Å². The minimum atomic E-state index is -0.0263. The zero-order chi connectivity index (χ0) is 14.7. The van der Waals surface area contributed by atoms with Crippen LogP contribution in [0.3, 0.4) is 0 Å². The zero-order valence-corrected chi connectivity index (χ0v) is 12.3. The largest absolute Gasteiger partial charge is 0.497 e. The highest BCUT2D eigenvalue weighted by Crippen LogP contribution is 2.38. The molecule has 2 fully saturated rings. The minimum Gasteiger partial charge on any atom is -0.497 e. The van der Waals surface area contributed by atoms with Crippen molar-refractivity contribution < 1.29 is 14.3 Å². The molecule has 21 heavy (non-hydrogen) atoms. The zero-order valence-electron chi connectivity index (χ0n) is 12.3. The summed E-state index contributed by atoms with van der Waals surface area (Å²) in [6, 6.07) is 7.65. The highest BCUT2D eigenvalue weighted by molar-refractivity contribution is 5.92. The number of rotatable bonds is 6. The van der Waals surface area contributed by atoms with Gasteiger partial charge in [0.25, 0.3) is 0 Å². The first kappa shape index (κ1) is 14.4. The normalized spacial score (nSPS) is 24.8. The Labute approximate surface area is 125 Å². The number of anilines is 1. The summed E-state index contributed by atoms with van der Waals surface area (Å²) in [4.78, 5) is 12.0. The topological polar surface area (TPSA) is 59.6 Å². The van der Waals surface area contributed by atoms with Crippen LogP contribution in [0.1, 0.15) is 19.3 Å². The fourth-order valence-corrected chi connectivity index (χ4v) is 2.82. The van der Waals surface area contributed by atoms with Crippen LogP contribution >= 0.6 is 0 Å². The second-order valence-corrected chi connectivity index (χ2v) is 5.73. The first-order valence-corrected chi connectivity index (χ1v) is 7.55. The summed E-state index contributed by atoms with van der Waals surface area (Å²) < 4.78 is 10.8. The van der Waals surface area contributed by atoms with Crippen LogP contribution < -0.4 is 15.4 Å². The summed E-state index contributed by atoms with van der Waals surface area (Å²) in [6.07, 6.45) is 3.83. The lowest BCUT2D eigenvalue weighted by Crippen LogP contribution is -2.41. The SMILES string of the molecule is COc1ccc(NC(=O)CNC2CCOC2C2CC2)cc1. The second kappa shape index (κ2) is 6.45. The molecule has 1 aliphatic heterocycles. The second-order valence-electron chi connectivity index (χ2n) is 5.73. The van der Waals surface area contributed by atoms with Crippen molar-refractivity contribution in [3.63, 3.8) is 0 Å². The lowest BCUT2D eigenvalue weighted by molar-refractivity contribution is -0.115. The molecule has 1 aromatic rings. The highest BCUT2D eigenvalue weighted by Gasteiger charge is 2.40. The average molecular weight is 290 g/mol.